The van der Waals surface area contributed by atoms with Gasteiger partial charge in [0.25, 0.3) is 0 Å². The number of amides is 1. The van der Waals surface area contributed by atoms with Gasteiger partial charge in [-0.15, -0.1) is 11.3 Å². The fourth-order valence-corrected chi connectivity index (χ4v) is 4.27. The van der Waals surface area contributed by atoms with Crippen molar-refractivity contribution < 1.29 is 14.7 Å². The van der Waals surface area contributed by atoms with E-state index in [2.05, 4.69) is 11.4 Å². The molecule has 2 aliphatic rings. The second kappa shape index (κ2) is 5.56. The van der Waals surface area contributed by atoms with Crippen molar-refractivity contribution in [1.82, 2.24) is 4.90 Å². The Kier molecular flexibility index (Phi) is 3.78. The molecule has 1 aromatic heterocycles. The lowest BCUT2D eigenvalue weighted by atomic mass is 9.80. The lowest BCUT2D eigenvalue weighted by Crippen LogP contribution is -2.41. The molecular weight excluding hydrogens is 274 g/mol. The number of carbonyl (C=O) groups excluding carboxylic acids is 1. The number of hydrogen-bond donors (Lipinski definition) is 1. The third kappa shape index (κ3) is 2.59. The van der Waals surface area contributed by atoms with Crippen LogP contribution in [0, 0.1) is 11.8 Å². The standard InChI is InChI=1S/C15H19NO3S/c17-14(11-2-1-3-12(8-11)15(18)19)16-6-4-10-5-7-20-13(10)9-16/h5,7,11-12H,1-4,6,8-9H2,(H,18,19). The van der Waals surface area contributed by atoms with Crippen LogP contribution in [0.15, 0.2) is 11.4 Å². The molecule has 1 aliphatic heterocycles. The first-order valence-corrected chi connectivity index (χ1v) is 8.10. The molecule has 2 unspecified atom stereocenters. The van der Waals surface area contributed by atoms with Crippen molar-refractivity contribution >= 4 is 23.2 Å². The van der Waals surface area contributed by atoms with E-state index in [1.807, 2.05) is 4.90 Å². The van der Waals surface area contributed by atoms with Gasteiger partial charge in [-0.2, -0.15) is 0 Å². The highest BCUT2D eigenvalue weighted by molar-refractivity contribution is 7.10. The van der Waals surface area contributed by atoms with Gasteiger partial charge < -0.3 is 10.0 Å². The summed E-state index contributed by atoms with van der Waals surface area (Å²) in [6, 6.07) is 2.14. The molecule has 0 radical (unpaired) electrons. The van der Waals surface area contributed by atoms with Crippen LogP contribution in [-0.2, 0) is 22.6 Å². The molecule has 108 valence electrons. The SMILES string of the molecule is O=C(O)C1CCCC(C(=O)N2CCc3ccsc3C2)C1. The number of aliphatic carboxylic acids is 1. The molecule has 4 nitrogen and oxygen atoms in total. The van der Waals surface area contributed by atoms with E-state index in [1.165, 1.54) is 10.4 Å². The summed E-state index contributed by atoms with van der Waals surface area (Å²) in [7, 11) is 0. The minimum absolute atomic E-state index is 0.0913. The first-order valence-electron chi connectivity index (χ1n) is 7.22. The fourth-order valence-electron chi connectivity index (χ4n) is 3.32. The van der Waals surface area contributed by atoms with E-state index >= 15 is 0 Å². The highest BCUT2D eigenvalue weighted by atomic mass is 32.1. The molecule has 3 rings (SSSR count). The third-order valence-electron chi connectivity index (χ3n) is 4.51. The Bertz CT molecular complexity index is 525. The molecule has 20 heavy (non-hydrogen) atoms. The number of hydrogen-bond acceptors (Lipinski definition) is 3. The Hall–Kier alpha value is -1.36. The average Bonchev–Trinajstić information content (AvgIpc) is 2.94. The highest BCUT2D eigenvalue weighted by Crippen LogP contribution is 2.32. The molecule has 0 saturated heterocycles. The van der Waals surface area contributed by atoms with E-state index in [1.54, 1.807) is 11.3 Å². The Labute approximate surface area is 122 Å². The van der Waals surface area contributed by atoms with Crippen LogP contribution >= 0.6 is 11.3 Å². The number of fused-ring (bicyclic) bond motifs is 1. The summed E-state index contributed by atoms with van der Waals surface area (Å²) < 4.78 is 0. The molecule has 1 aliphatic carbocycles. The van der Waals surface area contributed by atoms with Crippen molar-refractivity contribution in [3.63, 3.8) is 0 Å². The molecule has 1 saturated carbocycles. The van der Waals surface area contributed by atoms with Gasteiger partial charge in [-0.25, -0.2) is 0 Å². The summed E-state index contributed by atoms with van der Waals surface area (Å²) in [6.07, 6.45) is 3.86. The summed E-state index contributed by atoms with van der Waals surface area (Å²) in [5.41, 5.74) is 1.37. The number of nitrogens with zero attached hydrogens (tertiary/aromatic N) is 1. The van der Waals surface area contributed by atoms with Gasteiger partial charge in [0.05, 0.1) is 12.5 Å². The van der Waals surface area contributed by atoms with Crippen molar-refractivity contribution in [2.75, 3.05) is 6.54 Å². The second-order valence-corrected chi connectivity index (χ2v) is 6.78. The van der Waals surface area contributed by atoms with E-state index in [9.17, 15) is 9.59 Å². The van der Waals surface area contributed by atoms with Gasteiger partial charge in [0.15, 0.2) is 0 Å². The van der Waals surface area contributed by atoms with Crippen molar-refractivity contribution in [3.05, 3.63) is 21.9 Å². The Morgan fingerprint density at radius 1 is 1.30 bits per heavy atom. The van der Waals surface area contributed by atoms with Crippen molar-refractivity contribution in [2.24, 2.45) is 11.8 Å². The second-order valence-electron chi connectivity index (χ2n) is 5.78. The van der Waals surface area contributed by atoms with Gasteiger partial charge in [-0.05, 0) is 42.7 Å². The van der Waals surface area contributed by atoms with Crippen LogP contribution in [0.4, 0.5) is 0 Å². The van der Waals surface area contributed by atoms with Crippen molar-refractivity contribution in [3.8, 4) is 0 Å². The first-order chi connectivity index (χ1) is 9.65. The quantitative estimate of drug-likeness (QED) is 0.911. The zero-order chi connectivity index (χ0) is 14.1. The normalized spacial score (nSPS) is 26.1. The van der Waals surface area contributed by atoms with Crippen LogP contribution in [0.3, 0.4) is 0 Å². The molecule has 2 atom stereocenters. The molecular formula is C15H19NO3S. The number of carbonyl (C=O) groups is 2. The Morgan fingerprint density at radius 3 is 2.90 bits per heavy atom. The zero-order valence-electron chi connectivity index (χ0n) is 11.4. The van der Waals surface area contributed by atoms with Gasteiger partial charge in [-0.1, -0.05) is 6.42 Å². The predicted molar refractivity (Wildman–Crippen MR) is 76.5 cm³/mol. The minimum Gasteiger partial charge on any atom is -0.481 e. The molecule has 0 spiro atoms. The van der Waals surface area contributed by atoms with Crippen LogP contribution in [0.2, 0.25) is 0 Å². The van der Waals surface area contributed by atoms with Gasteiger partial charge in [0, 0.05) is 17.3 Å². The summed E-state index contributed by atoms with van der Waals surface area (Å²) in [5, 5.41) is 11.2. The van der Waals surface area contributed by atoms with E-state index in [4.69, 9.17) is 5.11 Å². The topological polar surface area (TPSA) is 57.6 Å². The zero-order valence-corrected chi connectivity index (χ0v) is 12.2. The summed E-state index contributed by atoms with van der Waals surface area (Å²) in [6.45, 7) is 1.48. The van der Waals surface area contributed by atoms with Gasteiger partial charge in [0.1, 0.15) is 0 Å². The third-order valence-corrected chi connectivity index (χ3v) is 5.46. The number of thiophene rings is 1. The lowest BCUT2D eigenvalue weighted by Gasteiger charge is -2.33. The molecule has 0 bridgehead atoms. The minimum atomic E-state index is -0.748. The molecule has 1 fully saturated rings. The molecule has 1 aromatic rings. The van der Waals surface area contributed by atoms with Crippen LogP contribution in [0.1, 0.15) is 36.1 Å². The summed E-state index contributed by atoms with van der Waals surface area (Å²) in [5.74, 6) is -1.01. The molecule has 0 aromatic carbocycles. The highest BCUT2D eigenvalue weighted by Gasteiger charge is 2.34. The average molecular weight is 293 g/mol. The largest absolute Gasteiger partial charge is 0.481 e. The van der Waals surface area contributed by atoms with Gasteiger partial charge in [0.2, 0.25) is 5.91 Å². The van der Waals surface area contributed by atoms with E-state index in [0.29, 0.717) is 19.4 Å². The van der Waals surface area contributed by atoms with E-state index in [-0.39, 0.29) is 17.7 Å². The molecule has 1 amide bonds. The maximum atomic E-state index is 12.6. The number of carboxylic acid groups (broad SMARTS) is 1. The molecule has 2 heterocycles. The maximum absolute atomic E-state index is 12.6. The number of carboxylic acids is 1. The lowest BCUT2D eigenvalue weighted by molar-refractivity contribution is -0.145. The van der Waals surface area contributed by atoms with Crippen LogP contribution in [0.5, 0.6) is 0 Å². The van der Waals surface area contributed by atoms with Crippen LogP contribution < -0.4 is 0 Å². The van der Waals surface area contributed by atoms with Gasteiger partial charge >= 0.3 is 5.97 Å². The maximum Gasteiger partial charge on any atom is 0.306 e. The smallest absolute Gasteiger partial charge is 0.306 e. The Morgan fingerprint density at radius 2 is 2.10 bits per heavy atom. The van der Waals surface area contributed by atoms with E-state index < -0.39 is 5.97 Å². The van der Waals surface area contributed by atoms with E-state index in [0.717, 1.165) is 25.8 Å². The number of rotatable bonds is 2. The first kappa shape index (κ1) is 13.6. The van der Waals surface area contributed by atoms with Crippen molar-refractivity contribution in [1.29, 1.82) is 0 Å². The summed E-state index contributed by atoms with van der Waals surface area (Å²) in [4.78, 5) is 26.9. The monoisotopic (exact) mass is 293 g/mol. The fraction of sp³-hybridized carbons (Fsp3) is 0.600. The molecule has 5 heteroatoms. The van der Waals surface area contributed by atoms with Gasteiger partial charge in [-0.3, -0.25) is 9.59 Å². The molecule has 1 N–H and O–H groups in total. The predicted octanol–water partition coefficient (Wildman–Crippen LogP) is 2.52. The van der Waals surface area contributed by atoms with Crippen molar-refractivity contribution in [2.45, 2.75) is 38.6 Å². The Balaban J connectivity index is 1.66. The summed E-state index contributed by atoms with van der Waals surface area (Å²) >= 11 is 1.71. The van der Waals surface area contributed by atoms with Crippen LogP contribution in [-0.4, -0.2) is 28.4 Å². The van der Waals surface area contributed by atoms with Crippen LogP contribution in [0.25, 0.3) is 0 Å².